The van der Waals surface area contributed by atoms with Gasteiger partial charge in [-0.15, -0.1) is 0 Å². The Balaban J connectivity index is 1.43. The molecule has 0 aliphatic rings. The summed E-state index contributed by atoms with van der Waals surface area (Å²) in [7, 11) is 6.73. The molecule has 0 atom stereocenters. The van der Waals surface area contributed by atoms with Gasteiger partial charge in [0.05, 0.1) is 50.5 Å². The molecule has 0 N–H and O–H groups in total. The quantitative estimate of drug-likeness (QED) is 0.182. The molecule has 0 saturated heterocycles. The van der Waals surface area contributed by atoms with Crippen LogP contribution >= 0.6 is 0 Å². The van der Waals surface area contributed by atoms with Crippen molar-refractivity contribution < 1.29 is 18.9 Å². The normalized spacial score (nSPS) is 11.5. The number of hydrogen-bond acceptors (Lipinski definition) is 6. The van der Waals surface area contributed by atoms with Crippen molar-refractivity contribution in [2.24, 2.45) is 0 Å². The van der Waals surface area contributed by atoms with Crippen LogP contribution in [0.5, 0.6) is 23.0 Å². The first-order valence-electron chi connectivity index (χ1n) is 14.9. The van der Waals surface area contributed by atoms with Crippen LogP contribution in [-0.4, -0.2) is 47.5 Å². The summed E-state index contributed by atoms with van der Waals surface area (Å²) in [5.41, 5.74) is 5.90. The summed E-state index contributed by atoms with van der Waals surface area (Å²) >= 11 is 0. The van der Waals surface area contributed by atoms with Crippen LogP contribution in [0.1, 0.15) is 0 Å². The largest absolute Gasteiger partial charge is 0.497 e. The Morgan fingerprint density at radius 3 is 1.00 bits per heavy atom. The van der Waals surface area contributed by atoms with Crippen molar-refractivity contribution in [2.45, 2.75) is 0 Å². The van der Waals surface area contributed by atoms with Crippen LogP contribution in [0.25, 0.3) is 66.4 Å². The van der Waals surface area contributed by atoms with Crippen LogP contribution in [0.4, 0.5) is 0 Å². The van der Waals surface area contributed by atoms with Crippen LogP contribution in [-0.2, 0) is 0 Å². The topological polar surface area (TPSA) is 72.6 Å². The van der Waals surface area contributed by atoms with E-state index >= 15 is 0 Å². The highest BCUT2D eigenvalue weighted by Crippen LogP contribution is 2.41. The maximum atomic E-state index is 5.61. The molecule has 0 radical (unpaired) electrons. The number of fused-ring (bicyclic) bond motifs is 6. The van der Waals surface area contributed by atoms with Crippen molar-refractivity contribution in [3.63, 3.8) is 0 Å². The number of rotatable bonds is 7. The van der Waals surface area contributed by atoms with Crippen LogP contribution < -0.4 is 18.9 Å². The number of aromatic nitrogens is 4. The summed E-state index contributed by atoms with van der Waals surface area (Å²) in [6.45, 7) is 0. The standard InChI is InChI=1S/C38H30N4O4/c1-43-23-9-13-33-29(19-23)30-20-24(44-2)10-14-34(30)41(33)37-27(7-5-17-39-37)28-8-6-18-40-38(28)42-35-15-11-25(45-3)21-31(35)32-22-26(46-4)12-16-36(32)42/h5-22H,1-4H3. The number of nitrogens with zero attached hydrogens (tertiary/aromatic N) is 4. The second-order valence-corrected chi connectivity index (χ2v) is 11.0. The van der Waals surface area contributed by atoms with E-state index in [0.717, 1.165) is 89.4 Å². The van der Waals surface area contributed by atoms with Gasteiger partial charge < -0.3 is 18.9 Å². The third-order valence-corrected chi connectivity index (χ3v) is 8.65. The fourth-order valence-electron chi connectivity index (χ4n) is 6.50. The highest BCUT2D eigenvalue weighted by Gasteiger charge is 2.22. The molecule has 0 unspecified atom stereocenters. The lowest BCUT2D eigenvalue weighted by Gasteiger charge is -2.16. The lowest BCUT2D eigenvalue weighted by Crippen LogP contribution is -2.04. The van der Waals surface area contributed by atoms with Gasteiger partial charge >= 0.3 is 0 Å². The molecular weight excluding hydrogens is 576 g/mol. The van der Waals surface area contributed by atoms with Gasteiger partial charge in [-0.2, -0.15) is 0 Å². The number of benzene rings is 4. The monoisotopic (exact) mass is 606 g/mol. The van der Waals surface area contributed by atoms with E-state index < -0.39 is 0 Å². The van der Waals surface area contributed by atoms with Gasteiger partial charge in [-0.05, 0) is 97.1 Å². The van der Waals surface area contributed by atoms with Gasteiger partial charge in [-0.1, -0.05) is 0 Å². The first-order valence-corrected chi connectivity index (χ1v) is 14.9. The molecule has 8 nitrogen and oxygen atoms in total. The zero-order chi connectivity index (χ0) is 31.4. The molecule has 0 amide bonds. The molecule has 0 aliphatic carbocycles. The number of ether oxygens (including phenoxy) is 4. The van der Waals surface area contributed by atoms with Crippen molar-refractivity contribution in [3.05, 3.63) is 109 Å². The van der Waals surface area contributed by atoms with Crippen molar-refractivity contribution in [1.29, 1.82) is 0 Å². The van der Waals surface area contributed by atoms with Gasteiger partial charge in [-0.3, -0.25) is 9.13 Å². The Labute approximate surface area is 265 Å². The van der Waals surface area contributed by atoms with E-state index in [1.165, 1.54) is 0 Å². The van der Waals surface area contributed by atoms with E-state index in [0.29, 0.717) is 0 Å². The van der Waals surface area contributed by atoms with Crippen molar-refractivity contribution in [3.8, 4) is 45.8 Å². The van der Waals surface area contributed by atoms with Gasteiger partial charge in [0, 0.05) is 45.1 Å². The van der Waals surface area contributed by atoms with Gasteiger partial charge in [0.25, 0.3) is 0 Å². The van der Waals surface area contributed by atoms with Gasteiger partial charge in [0.15, 0.2) is 0 Å². The molecule has 0 aliphatic heterocycles. The first-order chi connectivity index (χ1) is 22.6. The molecular formula is C38H30N4O4. The molecule has 4 aromatic carbocycles. The Morgan fingerprint density at radius 1 is 0.413 bits per heavy atom. The summed E-state index contributed by atoms with van der Waals surface area (Å²) in [6, 6.07) is 32.6. The summed E-state index contributed by atoms with van der Waals surface area (Å²) in [6.07, 6.45) is 3.66. The van der Waals surface area contributed by atoms with Gasteiger partial charge in [0.1, 0.15) is 34.6 Å². The molecule has 0 bridgehead atoms. The van der Waals surface area contributed by atoms with E-state index in [-0.39, 0.29) is 0 Å². The maximum absolute atomic E-state index is 5.61. The number of pyridine rings is 2. The minimum atomic E-state index is 0.782. The third kappa shape index (κ3) is 4.14. The van der Waals surface area contributed by atoms with E-state index in [2.05, 4.69) is 69.8 Å². The molecule has 0 saturated carbocycles. The Kier molecular flexibility index (Phi) is 6.49. The van der Waals surface area contributed by atoms with E-state index in [9.17, 15) is 0 Å². The van der Waals surface area contributed by atoms with Crippen LogP contribution in [0.3, 0.4) is 0 Å². The highest BCUT2D eigenvalue weighted by atomic mass is 16.5. The van der Waals surface area contributed by atoms with E-state index in [1.54, 1.807) is 28.4 Å². The molecule has 4 aromatic heterocycles. The molecule has 0 fully saturated rings. The third-order valence-electron chi connectivity index (χ3n) is 8.65. The zero-order valence-electron chi connectivity index (χ0n) is 25.8. The molecule has 8 aromatic rings. The van der Waals surface area contributed by atoms with Crippen LogP contribution in [0, 0.1) is 0 Å². The minimum Gasteiger partial charge on any atom is -0.497 e. The molecule has 226 valence electrons. The highest BCUT2D eigenvalue weighted by molar-refractivity contribution is 6.12. The second kappa shape index (κ2) is 10.9. The molecule has 8 heteroatoms. The summed E-state index contributed by atoms with van der Waals surface area (Å²) in [5, 5.41) is 4.17. The maximum Gasteiger partial charge on any atom is 0.145 e. The summed E-state index contributed by atoms with van der Waals surface area (Å²) in [4.78, 5) is 10.0. The Bertz CT molecular complexity index is 2150. The van der Waals surface area contributed by atoms with E-state index in [1.807, 2.05) is 48.8 Å². The average Bonchev–Trinajstić information content (AvgIpc) is 3.62. The zero-order valence-corrected chi connectivity index (χ0v) is 25.8. The molecule has 8 rings (SSSR count). The minimum absolute atomic E-state index is 0.782. The number of hydrogen-bond donors (Lipinski definition) is 0. The molecule has 46 heavy (non-hydrogen) atoms. The van der Waals surface area contributed by atoms with Gasteiger partial charge in [-0.25, -0.2) is 9.97 Å². The van der Waals surface area contributed by atoms with Crippen LogP contribution in [0.2, 0.25) is 0 Å². The first kappa shape index (κ1) is 27.5. The number of methoxy groups -OCH3 is 4. The fraction of sp³-hybridized carbons (Fsp3) is 0.105. The van der Waals surface area contributed by atoms with E-state index in [4.69, 9.17) is 28.9 Å². The molecule has 0 spiro atoms. The van der Waals surface area contributed by atoms with Gasteiger partial charge in [0.2, 0.25) is 0 Å². The lowest BCUT2D eigenvalue weighted by atomic mass is 10.1. The molecule has 4 heterocycles. The second-order valence-electron chi connectivity index (χ2n) is 11.0. The smallest absolute Gasteiger partial charge is 0.145 e. The lowest BCUT2D eigenvalue weighted by molar-refractivity contribution is 0.415. The predicted molar refractivity (Wildman–Crippen MR) is 182 cm³/mol. The summed E-state index contributed by atoms with van der Waals surface area (Å²) < 4.78 is 26.8. The van der Waals surface area contributed by atoms with Crippen molar-refractivity contribution in [2.75, 3.05) is 28.4 Å². The Morgan fingerprint density at radius 2 is 0.717 bits per heavy atom. The van der Waals surface area contributed by atoms with Crippen LogP contribution in [0.15, 0.2) is 109 Å². The van der Waals surface area contributed by atoms with Crippen molar-refractivity contribution in [1.82, 2.24) is 19.1 Å². The SMILES string of the molecule is COc1ccc2c(c1)c1cc(OC)ccc1n2-c1ncccc1-c1cccnc1-n1c2ccc(OC)cc2c2cc(OC)ccc21. The fourth-order valence-corrected chi connectivity index (χ4v) is 6.50. The predicted octanol–water partition coefficient (Wildman–Crippen LogP) is 8.37. The Hall–Kier alpha value is -6.02. The van der Waals surface area contributed by atoms with Crippen molar-refractivity contribution >= 4 is 43.6 Å². The summed E-state index contributed by atoms with van der Waals surface area (Å²) in [5.74, 6) is 4.71. The average molecular weight is 607 g/mol.